The third kappa shape index (κ3) is 4.55. The van der Waals surface area contributed by atoms with Crippen LogP contribution in [0.4, 0.5) is 0 Å². The van der Waals surface area contributed by atoms with Gasteiger partial charge in [0.15, 0.2) is 0 Å². The van der Waals surface area contributed by atoms with Gasteiger partial charge in [-0.2, -0.15) is 0 Å². The number of amides is 1. The summed E-state index contributed by atoms with van der Waals surface area (Å²) in [7, 11) is 0. The number of hydrogen-bond donors (Lipinski definition) is 2. The number of aliphatic carboxylic acids is 1. The maximum atomic E-state index is 13.5. The quantitative estimate of drug-likeness (QED) is 0.632. The molecule has 0 bridgehead atoms. The minimum atomic E-state index is -3.13. The molecule has 2 fully saturated rings. The van der Waals surface area contributed by atoms with Crippen LogP contribution in [-0.2, 0) is 19.1 Å². The lowest BCUT2D eigenvalue weighted by atomic mass is 9.84. The Labute approximate surface area is 161 Å². The largest absolute Gasteiger partial charge is 0.480 e. The first-order chi connectivity index (χ1) is 14.0. The molecule has 7 nitrogen and oxygen atoms in total. The highest BCUT2D eigenvalue weighted by molar-refractivity contribution is 5.88. The highest BCUT2D eigenvalue weighted by atomic mass is 16.5. The Morgan fingerprint density at radius 2 is 2.08 bits per heavy atom. The maximum Gasteiger partial charge on any atom is 0.326 e. The molecule has 26 heavy (non-hydrogen) atoms. The van der Waals surface area contributed by atoms with E-state index < -0.39 is 48.8 Å². The Bertz CT molecular complexity index is 659. The summed E-state index contributed by atoms with van der Waals surface area (Å²) < 4.78 is 37.3. The number of hydrogen-bond acceptors (Lipinski definition) is 5. The molecule has 5 atom stereocenters. The Hall–Kier alpha value is -1.63. The van der Waals surface area contributed by atoms with Crippen LogP contribution in [0.5, 0.6) is 0 Å². The molecule has 1 aliphatic heterocycles. The van der Waals surface area contributed by atoms with E-state index in [2.05, 4.69) is 5.32 Å². The Morgan fingerprint density at radius 3 is 2.69 bits per heavy atom. The van der Waals surface area contributed by atoms with Crippen molar-refractivity contribution in [3.63, 3.8) is 0 Å². The van der Waals surface area contributed by atoms with Crippen LogP contribution in [-0.4, -0.2) is 58.6 Å². The van der Waals surface area contributed by atoms with E-state index in [4.69, 9.17) is 10.2 Å². The van der Waals surface area contributed by atoms with E-state index in [1.165, 1.54) is 0 Å². The summed E-state index contributed by atoms with van der Waals surface area (Å²) in [6, 6.07) is -5.61. The van der Waals surface area contributed by atoms with Gasteiger partial charge in [0.2, 0.25) is 5.91 Å². The average Bonchev–Trinajstić information content (AvgIpc) is 3.06. The van der Waals surface area contributed by atoms with Gasteiger partial charge in [-0.05, 0) is 45.4 Å². The molecule has 2 rings (SSSR count). The molecule has 1 aliphatic carbocycles. The van der Waals surface area contributed by atoms with E-state index in [1.807, 2.05) is 0 Å². The number of esters is 1. The molecule has 0 spiro atoms. The van der Waals surface area contributed by atoms with Gasteiger partial charge in [0.1, 0.15) is 12.1 Å². The van der Waals surface area contributed by atoms with E-state index in [0.717, 1.165) is 24.2 Å². The predicted octanol–water partition coefficient (Wildman–Crippen LogP) is 1.94. The van der Waals surface area contributed by atoms with E-state index in [9.17, 15) is 19.5 Å². The molecule has 7 heteroatoms. The smallest absolute Gasteiger partial charge is 0.326 e. The molecular weight excluding hydrogens is 336 g/mol. The zero-order valence-corrected chi connectivity index (χ0v) is 15.5. The van der Waals surface area contributed by atoms with Gasteiger partial charge in [0, 0.05) is 10.2 Å². The fourth-order valence-electron chi connectivity index (χ4n) is 4.12. The van der Waals surface area contributed by atoms with Crippen molar-refractivity contribution in [3.8, 4) is 0 Å². The van der Waals surface area contributed by atoms with Crippen molar-refractivity contribution in [2.75, 3.05) is 6.61 Å². The maximum absolute atomic E-state index is 13.5. The van der Waals surface area contributed by atoms with Crippen molar-refractivity contribution in [1.29, 1.82) is 0 Å². The summed E-state index contributed by atoms with van der Waals surface area (Å²) in [5.41, 5.74) is 0. The fraction of sp³-hybridized carbons (Fsp3) is 0.842. The van der Waals surface area contributed by atoms with Crippen LogP contribution >= 0.6 is 0 Å². The first-order valence-electron chi connectivity index (χ1n) is 11.5. The van der Waals surface area contributed by atoms with E-state index in [-0.39, 0.29) is 25.4 Å². The normalized spacial score (nSPS) is 31.5. The standard InChI is InChI=1S/C19H32N2O5/c1-4-8-14(19(25)26-5-2)20-12(3)17(22)21-15-10-7-6-9-13(15)11-16(21)18(23)24/h12-16,20H,4-11H2,1-3H3,(H,23,24)/t12-,13-,14-,15-,16-/m0/s1/i3D3,12D. The van der Waals surface area contributed by atoms with Gasteiger partial charge >= 0.3 is 11.9 Å². The molecule has 0 unspecified atom stereocenters. The molecule has 1 saturated carbocycles. The van der Waals surface area contributed by atoms with Crippen LogP contribution in [0.2, 0.25) is 0 Å². The van der Waals surface area contributed by atoms with Gasteiger partial charge in [0.05, 0.1) is 14.0 Å². The van der Waals surface area contributed by atoms with Gasteiger partial charge in [-0.3, -0.25) is 14.9 Å². The number of nitrogens with one attached hydrogen (secondary N) is 1. The monoisotopic (exact) mass is 372 g/mol. The number of ether oxygens (including phenoxy) is 1. The van der Waals surface area contributed by atoms with Gasteiger partial charge in [-0.15, -0.1) is 0 Å². The second-order valence-corrected chi connectivity index (χ2v) is 7.03. The predicted molar refractivity (Wildman–Crippen MR) is 96.6 cm³/mol. The van der Waals surface area contributed by atoms with Gasteiger partial charge in [-0.1, -0.05) is 26.2 Å². The van der Waals surface area contributed by atoms with Crippen molar-refractivity contribution in [2.45, 2.75) is 89.8 Å². The summed E-state index contributed by atoms with van der Waals surface area (Å²) in [5.74, 6) is -3.09. The molecule has 0 aromatic rings. The number of carboxylic acid groups (broad SMARTS) is 1. The lowest BCUT2D eigenvalue weighted by Crippen LogP contribution is -2.55. The minimum Gasteiger partial charge on any atom is -0.480 e. The lowest BCUT2D eigenvalue weighted by molar-refractivity contribution is -0.152. The number of likely N-dealkylation sites (tertiary alicyclic amines) is 1. The zero-order chi connectivity index (χ0) is 22.7. The third-order valence-corrected chi connectivity index (χ3v) is 5.29. The number of carbonyl (C=O) groups is 3. The van der Waals surface area contributed by atoms with Crippen molar-refractivity contribution in [3.05, 3.63) is 0 Å². The highest BCUT2D eigenvalue weighted by Crippen LogP contribution is 2.40. The van der Waals surface area contributed by atoms with Crippen molar-refractivity contribution in [2.24, 2.45) is 5.92 Å². The Morgan fingerprint density at radius 1 is 1.35 bits per heavy atom. The number of fused-ring (bicyclic) bond motifs is 1. The molecular formula is C19H32N2O5. The summed E-state index contributed by atoms with van der Waals surface area (Å²) >= 11 is 0. The van der Waals surface area contributed by atoms with Crippen LogP contribution in [0, 0.1) is 5.92 Å². The zero-order valence-electron chi connectivity index (χ0n) is 19.5. The van der Waals surface area contributed by atoms with E-state index >= 15 is 0 Å². The Kier molecular flexibility index (Phi) is 5.55. The lowest BCUT2D eigenvalue weighted by Gasteiger charge is -2.35. The molecule has 0 radical (unpaired) electrons. The number of nitrogens with zero attached hydrogens (tertiary/aromatic N) is 1. The van der Waals surface area contributed by atoms with Crippen LogP contribution in [0.1, 0.15) is 71.1 Å². The van der Waals surface area contributed by atoms with Crippen LogP contribution in [0.15, 0.2) is 0 Å². The Balaban J connectivity index is 2.42. The summed E-state index contributed by atoms with van der Waals surface area (Å²) in [6.07, 6.45) is 4.01. The summed E-state index contributed by atoms with van der Waals surface area (Å²) in [5, 5.41) is 12.1. The number of rotatable bonds is 8. The highest BCUT2D eigenvalue weighted by Gasteiger charge is 2.48. The van der Waals surface area contributed by atoms with Crippen molar-refractivity contribution < 1.29 is 29.7 Å². The molecule has 148 valence electrons. The van der Waals surface area contributed by atoms with Crippen LogP contribution in [0.3, 0.4) is 0 Å². The molecule has 1 saturated heterocycles. The fourth-order valence-corrected chi connectivity index (χ4v) is 4.12. The van der Waals surface area contributed by atoms with Crippen molar-refractivity contribution >= 4 is 17.8 Å². The molecule has 1 heterocycles. The number of carboxylic acids is 1. The number of carbonyl (C=O) groups excluding carboxylic acids is 2. The van der Waals surface area contributed by atoms with Gasteiger partial charge in [0.25, 0.3) is 0 Å². The summed E-state index contributed by atoms with van der Waals surface area (Å²) in [6.45, 7) is 0.335. The second kappa shape index (κ2) is 9.35. The SMILES string of the molecule is [2H]C([2H])([2H])[C@]([2H])(N[C@@H](CCC)C(=O)OCC)C(=O)N1[C@H](C(=O)O)C[C@@H]2CCCC[C@@H]21. The molecule has 2 N–H and O–H groups in total. The molecule has 2 aliphatic rings. The molecule has 1 amide bonds. The third-order valence-electron chi connectivity index (χ3n) is 5.29. The van der Waals surface area contributed by atoms with Crippen LogP contribution < -0.4 is 5.32 Å². The van der Waals surface area contributed by atoms with E-state index in [1.54, 1.807) is 13.8 Å². The first-order valence-corrected chi connectivity index (χ1v) is 9.47. The topological polar surface area (TPSA) is 95.9 Å². The van der Waals surface area contributed by atoms with Crippen LogP contribution in [0.25, 0.3) is 0 Å². The molecule has 0 aromatic carbocycles. The molecule has 0 aromatic heterocycles. The van der Waals surface area contributed by atoms with Gasteiger partial charge < -0.3 is 14.7 Å². The summed E-state index contributed by atoms with van der Waals surface area (Å²) in [4.78, 5) is 38.8. The second-order valence-electron chi connectivity index (χ2n) is 7.03. The first kappa shape index (κ1) is 15.4. The van der Waals surface area contributed by atoms with Gasteiger partial charge in [-0.25, -0.2) is 4.79 Å². The van der Waals surface area contributed by atoms with Crippen molar-refractivity contribution in [1.82, 2.24) is 10.2 Å². The average molecular weight is 372 g/mol. The minimum absolute atomic E-state index is 0.0267. The van der Waals surface area contributed by atoms with E-state index in [0.29, 0.717) is 12.8 Å².